The molecule has 5 rings (SSSR count). The van der Waals surface area contributed by atoms with Crippen molar-refractivity contribution in [3.8, 4) is 0 Å². The molecule has 3 aliphatic rings. The number of anilines is 1. The van der Waals surface area contributed by atoms with Crippen LogP contribution in [0, 0.1) is 0 Å². The van der Waals surface area contributed by atoms with Gasteiger partial charge in [-0.05, 0) is 54.0 Å². The van der Waals surface area contributed by atoms with E-state index in [9.17, 15) is 13.2 Å². The van der Waals surface area contributed by atoms with Crippen LogP contribution in [0.2, 0.25) is 0 Å². The van der Waals surface area contributed by atoms with Crippen LogP contribution in [0.25, 0.3) is 0 Å². The van der Waals surface area contributed by atoms with Crippen molar-refractivity contribution in [2.24, 2.45) is 0 Å². The Hall–Kier alpha value is -1.35. The van der Waals surface area contributed by atoms with Crippen LogP contribution in [0.3, 0.4) is 0 Å². The summed E-state index contributed by atoms with van der Waals surface area (Å²) in [5, 5.41) is 2.46. The Labute approximate surface area is 173 Å². The van der Waals surface area contributed by atoms with Crippen molar-refractivity contribution in [2.45, 2.75) is 35.8 Å². The van der Waals surface area contributed by atoms with Gasteiger partial charge in [-0.25, -0.2) is 8.42 Å². The number of nitrogens with zero attached hydrogens (tertiary/aromatic N) is 2. The van der Waals surface area contributed by atoms with Crippen LogP contribution in [0.15, 0.2) is 34.5 Å². The zero-order valence-electron chi connectivity index (χ0n) is 15.5. The molecule has 4 heterocycles. The lowest BCUT2D eigenvalue weighted by Gasteiger charge is -2.26. The zero-order chi connectivity index (χ0) is 19.3. The first-order valence-electron chi connectivity index (χ1n) is 9.65. The number of hydrogen-bond donors (Lipinski definition) is 0. The number of carbonyl (C=O) groups excluding carboxylic acids is 1. The quantitative estimate of drug-likeness (QED) is 0.742. The molecule has 0 aliphatic carbocycles. The molecule has 0 N–H and O–H groups in total. The Kier molecular flexibility index (Phi) is 4.77. The average molecular weight is 435 g/mol. The highest BCUT2D eigenvalue weighted by Gasteiger charge is 2.35. The predicted molar refractivity (Wildman–Crippen MR) is 114 cm³/mol. The third kappa shape index (κ3) is 3.10. The third-order valence-electron chi connectivity index (χ3n) is 5.82. The molecule has 1 aromatic carbocycles. The van der Waals surface area contributed by atoms with E-state index in [0.29, 0.717) is 42.6 Å². The van der Waals surface area contributed by atoms with Crippen LogP contribution < -0.4 is 4.90 Å². The fourth-order valence-corrected chi connectivity index (χ4v) is 8.33. The molecule has 1 atom stereocenters. The maximum absolute atomic E-state index is 13.4. The SMILES string of the molecule is O=C1CCc2cc(S(=O)(=O)N3CCS[C@H](c4cccs4)CC3)cc3c2N1CC3. The highest BCUT2D eigenvalue weighted by molar-refractivity contribution is 7.99. The summed E-state index contributed by atoms with van der Waals surface area (Å²) in [6.45, 7) is 1.77. The van der Waals surface area contributed by atoms with Gasteiger partial charge in [0, 0.05) is 41.9 Å². The van der Waals surface area contributed by atoms with Crippen molar-refractivity contribution in [1.29, 1.82) is 0 Å². The standard InChI is InChI=1S/C20H22N2O3S3/c23-19-4-3-14-12-16(13-15-5-8-22(19)20(14)15)28(24,25)21-7-6-18(27-11-9-21)17-2-1-10-26-17/h1-2,10,12-13,18H,3-9,11H2/t18-/m0/s1. The first-order valence-corrected chi connectivity index (χ1v) is 13.0. The van der Waals surface area contributed by atoms with E-state index in [2.05, 4.69) is 17.5 Å². The van der Waals surface area contributed by atoms with Gasteiger partial charge < -0.3 is 4.90 Å². The Bertz CT molecular complexity index is 1020. The second kappa shape index (κ2) is 7.16. The zero-order valence-corrected chi connectivity index (χ0v) is 17.9. The number of carbonyl (C=O) groups is 1. The summed E-state index contributed by atoms with van der Waals surface area (Å²) in [6.07, 6.45) is 2.69. The number of aryl methyl sites for hydroxylation is 1. The molecule has 1 aromatic heterocycles. The largest absolute Gasteiger partial charge is 0.312 e. The van der Waals surface area contributed by atoms with Gasteiger partial charge in [-0.1, -0.05) is 6.07 Å². The minimum Gasteiger partial charge on any atom is -0.312 e. The van der Waals surface area contributed by atoms with Crippen LogP contribution in [-0.2, 0) is 27.7 Å². The highest BCUT2D eigenvalue weighted by Crippen LogP contribution is 2.40. The molecule has 1 fully saturated rings. The van der Waals surface area contributed by atoms with Gasteiger partial charge in [-0.2, -0.15) is 16.1 Å². The molecule has 0 saturated carbocycles. The van der Waals surface area contributed by atoms with Crippen LogP contribution in [-0.4, -0.2) is 44.0 Å². The van der Waals surface area contributed by atoms with Crippen LogP contribution in [0.1, 0.15) is 34.1 Å². The molecule has 148 valence electrons. The first kappa shape index (κ1) is 18.7. The molecule has 28 heavy (non-hydrogen) atoms. The minimum atomic E-state index is -3.52. The van der Waals surface area contributed by atoms with Crippen molar-refractivity contribution in [2.75, 3.05) is 30.3 Å². The summed E-state index contributed by atoms with van der Waals surface area (Å²) in [5.74, 6) is 0.966. The lowest BCUT2D eigenvalue weighted by atomic mass is 10.00. The maximum atomic E-state index is 13.4. The summed E-state index contributed by atoms with van der Waals surface area (Å²) >= 11 is 3.60. The van der Waals surface area contributed by atoms with Gasteiger partial charge in [-0.15, -0.1) is 11.3 Å². The predicted octanol–water partition coefficient (Wildman–Crippen LogP) is 3.45. The summed E-state index contributed by atoms with van der Waals surface area (Å²) in [6, 6.07) is 7.82. The molecule has 5 nitrogen and oxygen atoms in total. The van der Waals surface area contributed by atoms with E-state index in [0.717, 1.165) is 35.4 Å². The van der Waals surface area contributed by atoms with Gasteiger partial charge in [0.2, 0.25) is 15.9 Å². The Morgan fingerprint density at radius 2 is 1.86 bits per heavy atom. The molecule has 2 aromatic rings. The number of rotatable bonds is 3. The van der Waals surface area contributed by atoms with E-state index in [4.69, 9.17) is 0 Å². The van der Waals surface area contributed by atoms with Gasteiger partial charge in [0.15, 0.2) is 0 Å². The first-order chi connectivity index (χ1) is 13.5. The molecule has 0 unspecified atom stereocenters. The monoisotopic (exact) mass is 434 g/mol. The summed E-state index contributed by atoms with van der Waals surface area (Å²) in [5.41, 5.74) is 2.98. The lowest BCUT2D eigenvalue weighted by molar-refractivity contribution is -0.118. The number of thiophene rings is 1. The average Bonchev–Trinajstić information content (AvgIpc) is 3.30. The Morgan fingerprint density at radius 3 is 2.64 bits per heavy atom. The van der Waals surface area contributed by atoms with Crippen LogP contribution >= 0.6 is 23.1 Å². The van der Waals surface area contributed by atoms with E-state index in [1.807, 2.05) is 28.8 Å². The number of hydrogen-bond acceptors (Lipinski definition) is 5. The summed E-state index contributed by atoms with van der Waals surface area (Å²) < 4.78 is 28.5. The van der Waals surface area contributed by atoms with Gasteiger partial charge in [0.1, 0.15) is 0 Å². The van der Waals surface area contributed by atoms with Crippen molar-refractivity contribution in [1.82, 2.24) is 4.31 Å². The number of thioether (sulfide) groups is 1. The van der Waals surface area contributed by atoms with Crippen molar-refractivity contribution in [3.05, 3.63) is 45.6 Å². The van der Waals surface area contributed by atoms with Crippen molar-refractivity contribution in [3.63, 3.8) is 0 Å². The molecule has 3 aliphatic heterocycles. The molecule has 0 spiro atoms. The normalized spacial score (nSPS) is 22.9. The molecule has 0 bridgehead atoms. The van der Waals surface area contributed by atoms with Gasteiger partial charge >= 0.3 is 0 Å². The number of benzene rings is 1. The molecule has 0 radical (unpaired) electrons. The van der Waals surface area contributed by atoms with Gasteiger partial charge in [0.05, 0.1) is 10.6 Å². The number of amides is 1. The number of sulfonamides is 1. The second-order valence-electron chi connectivity index (χ2n) is 7.45. The fraction of sp³-hybridized carbons (Fsp3) is 0.450. The lowest BCUT2D eigenvalue weighted by Crippen LogP contribution is -2.34. The minimum absolute atomic E-state index is 0.158. The summed E-state index contributed by atoms with van der Waals surface area (Å²) in [4.78, 5) is 15.7. The molecule has 1 amide bonds. The molecular formula is C20H22N2O3S3. The van der Waals surface area contributed by atoms with Gasteiger partial charge in [0.25, 0.3) is 0 Å². The van der Waals surface area contributed by atoms with E-state index in [-0.39, 0.29) is 5.91 Å². The molecule has 1 saturated heterocycles. The third-order valence-corrected chi connectivity index (χ3v) is 10.1. The fourth-order valence-electron chi connectivity index (χ4n) is 4.42. The van der Waals surface area contributed by atoms with E-state index >= 15 is 0 Å². The van der Waals surface area contributed by atoms with E-state index in [1.54, 1.807) is 15.6 Å². The van der Waals surface area contributed by atoms with E-state index < -0.39 is 10.0 Å². The maximum Gasteiger partial charge on any atom is 0.243 e. The Balaban J connectivity index is 1.43. The Morgan fingerprint density at radius 1 is 1.04 bits per heavy atom. The smallest absolute Gasteiger partial charge is 0.243 e. The second-order valence-corrected chi connectivity index (χ2v) is 11.7. The van der Waals surface area contributed by atoms with Gasteiger partial charge in [-0.3, -0.25) is 4.79 Å². The van der Waals surface area contributed by atoms with E-state index in [1.165, 1.54) is 4.88 Å². The molecular weight excluding hydrogens is 412 g/mol. The van der Waals surface area contributed by atoms with Crippen LogP contribution in [0.5, 0.6) is 0 Å². The van der Waals surface area contributed by atoms with Crippen molar-refractivity contribution >= 4 is 44.7 Å². The van der Waals surface area contributed by atoms with Crippen LogP contribution in [0.4, 0.5) is 5.69 Å². The van der Waals surface area contributed by atoms with Crippen molar-refractivity contribution < 1.29 is 13.2 Å². The highest BCUT2D eigenvalue weighted by atomic mass is 32.2. The topological polar surface area (TPSA) is 57.7 Å². The molecule has 8 heteroatoms. The summed E-state index contributed by atoms with van der Waals surface area (Å²) in [7, 11) is -3.52.